The first-order valence-corrected chi connectivity index (χ1v) is 9.37. The van der Waals surface area contributed by atoms with Crippen molar-refractivity contribution in [1.82, 2.24) is 5.32 Å². The van der Waals surface area contributed by atoms with E-state index in [9.17, 15) is 14.4 Å². The molecule has 162 valence electrons. The molecule has 2 N–H and O–H groups in total. The van der Waals surface area contributed by atoms with Gasteiger partial charge in [0.2, 0.25) is 0 Å². The second kappa shape index (κ2) is 10.3. The van der Waals surface area contributed by atoms with E-state index >= 15 is 0 Å². The van der Waals surface area contributed by atoms with Crippen LogP contribution in [0.2, 0.25) is 0 Å². The van der Waals surface area contributed by atoms with Crippen molar-refractivity contribution in [3.63, 3.8) is 0 Å². The number of nitrogens with one attached hydrogen (secondary N) is 2. The molecule has 1 aliphatic heterocycles. The third kappa shape index (κ3) is 5.01. The van der Waals surface area contributed by atoms with Crippen molar-refractivity contribution in [1.29, 1.82) is 0 Å². The summed E-state index contributed by atoms with van der Waals surface area (Å²) in [6, 6.07) is 6.24. The normalized spacial score (nSPS) is 15.6. The number of amides is 1. The maximum Gasteiger partial charge on any atom is 0.349 e. The van der Waals surface area contributed by atoms with E-state index in [1.165, 1.54) is 32.4 Å². The minimum atomic E-state index is -0.689. The first kappa shape index (κ1) is 23.4. The zero-order chi connectivity index (χ0) is 21.0. The largest absolute Gasteiger partial charge is 0.495 e. The molecule has 1 aromatic heterocycles. The Labute approximate surface area is 180 Å². The maximum atomic E-state index is 12.8. The zero-order valence-corrected chi connectivity index (χ0v) is 17.9. The summed E-state index contributed by atoms with van der Waals surface area (Å²) in [5.41, 5.74) is 0.254. The van der Waals surface area contributed by atoms with Gasteiger partial charge in [0.15, 0.2) is 0 Å². The number of piperidine rings is 1. The Kier molecular flexibility index (Phi) is 8.02. The number of aryl methyl sites for hydroxylation is 1. The Morgan fingerprint density at radius 3 is 2.60 bits per heavy atom. The summed E-state index contributed by atoms with van der Waals surface area (Å²) in [4.78, 5) is 37.1. The fourth-order valence-corrected chi connectivity index (χ4v) is 3.44. The van der Waals surface area contributed by atoms with E-state index in [4.69, 9.17) is 13.9 Å². The minimum Gasteiger partial charge on any atom is -0.495 e. The van der Waals surface area contributed by atoms with Crippen LogP contribution < -0.4 is 21.0 Å². The summed E-state index contributed by atoms with van der Waals surface area (Å²) in [6.07, 6.45) is 1.93. The molecule has 0 spiro atoms. The van der Waals surface area contributed by atoms with Gasteiger partial charge in [-0.1, -0.05) is 0 Å². The lowest BCUT2D eigenvalue weighted by molar-refractivity contribution is 0.0600. The Morgan fingerprint density at radius 1 is 1.23 bits per heavy atom. The molecule has 1 unspecified atom stereocenters. The number of carbonyl (C=O) groups excluding carboxylic acids is 2. The molecule has 2 aromatic rings. The van der Waals surface area contributed by atoms with E-state index in [1.54, 1.807) is 13.0 Å². The third-order valence-electron chi connectivity index (χ3n) is 4.96. The molecule has 0 saturated carbocycles. The molecule has 0 aliphatic carbocycles. The topological polar surface area (TPSA) is 107 Å². The van der Waals surface area contributed by atoms with E-state index in [1.807, 2.05) is 0 Å². The molecule has 9 heteroatoms. The SMILES string of the molecule is COC(=O)c1ccc(OC)c(NC(=O)c2c(C)cc(C3CCCNC3)oc2=O)c1.Cl. The molecule has 0 bridgehead atoms. The van der Waals surface area contributed by atoms with Gasteiger partial charge in [0.1, 0.15) is 17.1 Å². The first-order chi connectivity index (χ1) is 13.9. The van der Waals surface area contributed by atoms with Gasteiger partial charge in [0.25, 0.3) is 5.91 Å². The molecule has 0 radical (unpaired) electrons. The van der Waals surface area contributed by atoms with Crippen LogP contribution >= 0.6 is 12.4 Å². The lowest BCUT2D eigenvalue weighted by Gasteiger charge is -2.22. The summed E-state index contributed by atoms with van der Waals surface area (Å²) >= 11 is 0. The summed E-state index contributed by atoms with van der Waals surface area (Å²) in [7, 11) is 2.71. The Morgan fingerprint density at radius 2 is 2.00 bits per heavy atom. The highest BCUT2D eigenvalue weighted by molar-refractivity contribution is 6.06. The molecule has 8 nitrogen and oxygen atoms in total. The van der Waals surface area contributed by atoms with Crippen LogP contribution in [0.25, 0.3) is 0 Å². The summed E-state index contributed by atoms with van der Waals surface area (Å²) < 4.78 is 15.4. The standard InChI is InChI=1S/C21H24N2O6.ClH/c1-12-9-17(14-5-4-8-22-11-14)29-21(26)18(12)19(24)23-15-10-13(20(25)28-3)6-7-16(15)27-2;/h6-7,9-10,14,22H,4-5,8,11H2,1-3H3,(H,23,24);1H. The molecular formula is C21H25ClN2O6. The number of anilines is 1. The van der Waals surface area contributed by atoms with Gasteiger partial charge >= 0.3 is 11.6 Å². The average molecular weight is 437 g/mol. The molecule has 2 heterocycles. The lowest BCUT2D eigenvalue weighted by atomic mass is 9.95. The van der Waals surface area contributed by atoms with Crippen LogP contribution in [0, 0.1) is 6.92 Å². The molecule has 1 fully saturated rings. The zero-order valence-electron chi connectivity index (χ0n) is 17.1. The lowest BCUT2D eigenvalue weighted by Crippen LogP contribution is -2.30. The van der Waals surface area contributed by atoms with Gasteiger partial charge < -0.3 is 24.5 Å². The van der Waals surface area contributed by atoms with Crippen LogP contribution in [0.3, 0.4) is 0 Å². The van der Waals surface area contributed by atoms with Crippen molar-refractivity contribution < 1.29 is 23.5 Å². The Hall–Kier alpha value is -2.84. The van der Waals surface area contributed by atoms with Crippen LogP contribution in [0.4, 0.5) is 5.69 Å². The number of hydrogen-bond donors (Lipinski definition) is 2. The quantitative estimate of drug-likeness (QED) is 0.694. The van der Waals surface area contributed by atoms with Gasteiger partial charge in [0, 0.05) is 12.5 Å². The molecule has 1 amide bonds. The molecule has 1 aromatic carbocycles. The summed E-state index contributed by atoms with van der Waals surface area (Å²) in [6.45, 7) is 3.39. The minimum absolute atomic E-state index is 0. The number of rotatable bonds is 5. The number of halogens is 1. The van der Waals surface area contributed by atoms with Gasteiger partial charge in [0.05, 0.1) is 25.5 Å². The number of hydrogen-bond acceptors (Lipinski definition) is 7. The van der Waals surface area contributed by atoms with Crippen molar-refractivity contribution in [3.05, 3.63) is 57.1 Å². The van der Waals surface area contributed by atoms with Crippen molar-refractivity contribution in [2.45, 2.75) is 25.7 Å². The van der Waals surface area contributed by atoms with Crippen LogP contribution in [0.5, 0.6) is 5.75 Å². The third-order valence-corrected chi connectivity index (χ3v) is 4.96. The molecular weight excluding hydrogens is 412 g/mol. The van der Waals surface area contributed by atoms with Crippen LogP contribution in [0.15, 0.2) is 33.5 Å². The molecule has 3 rings (SSSR count). The fourth-order valence-electron chi connectivity index (χ4n) is 3.44. The van der Waals surface area contributed by atoms with Crippen LogP contribution in [-0.4, -0.2) is 39.2 Å². The number of methoxy groups -OCH3 is 2. The molecule has 1 saturated heterocycles. The molecule has 30 heavy (non-hydrogen) atoms. The van der Waals surface area contributed by atoms with Crippen molar-refractivity contribution in [2.24, 2.45) is 0 Å². The van der Waals surface area contributed by atoms with Gasteiger partial charge in [-0.25, -0.2) is 9.59 Å². The Bertz CT molecular complexity index is 982. The second-order valence-corrected chi connectivity index (χ2v) is 6.90. The smallest absolute Gasteiger partial charge is 0.349 e. The van der Waals surface area contributed by atoms with Crippen molar-refractivity contribution in [2.75, 3.05) is 32.6 Å². The van der Waals surface area contributed by atoms with E-state index < -0.39 is 17.5 Å². The summed E-state index contributed by atoms with van der Waals surface area (Å²) in [5.74, 6) is -0.141. The molecule has 1 aliphatic rings. The van der Waals surface area contributed by atoms with Crippen molar-refractivity contribution >= 4 is 30.0 Å². The highest BCUT2D eigenvalue weighted by atomic mass is 35.5. The van der Waals surface area contributed by atoms with E-state index in [0.29, 0.717) is 17.1 Å². The predicted molar refractivity (Wildman–Crippen MR) is 114 cm³/mol. The Balaban J connectivity index is 0.00000320. The van der Waals surface area contributed by atoms with E-state index in [0.717, 1.165) is 25.9 Å². The highest BCUT2D eigenvalue weighted by Crippen LogP contribution is 2.27. The van der Waals surface area contributed by atoms with E-state index in [-0.39, 0.29) is 35.1 Å². The monoisotopic (exact) mass is 436 g/mol. The summed E-state index contributed by atoms with van der Waals surface area (Å²) in [5, 5.41) is 5.91. The van der Waals surface area contributed by atoms with Gasteiger partial charge in [-0.15, -0.1) is 12.4 Å². The van der Waals surface area contributed by atoms with Gasteiger partial charge in [-0.05, 0) is 56.1 Å². The van der Waals surface area contributed by atoms with Crippen molar-refractivity contribution in [3.8, 4) is 5.75 Å². The maximum absolute atomic E-state index is 12.8. The van der Waals surface area contributed by atoms with Crippen LogP contribution in [-0.2, 0) is 4.74 Å². The van der Waals surface area contributed by atoms with Crippen LogP contribution in [0.1, 0.15) is 50.8 Å². The molecule has 1 atom stereocenters. The number of benzene rings is 1. The number of ether oxygens (including phenoxy) is 2. The fraction of sp³-hybridized carbons (Fsp3) is 0.381. The second-order valence-electron chi connectivity index (χ2n) is 6.90. The average Bonchev–Trinajstić information content (AvgIpc) is 2.73. The van der Waals surface area contributed by atoms with Gasteiger partial charge in [-0.2, -0.15) is 0 Å². The number of esters is 1. The van der Waals surface area contributed by atoms with Gasteiger partial charge in [-0.3, -0.25) is 4.79 Å². The predicted octanol–water partition coefficient (Wildman–Crippen LogP) is 2.88. The highest BCUT2D eigenvalue weighted by Gasteiger charge is 2.23. The first-order valence-electron chi connectivity index (χ1n) is 9.37. The number of carbonyl (C=O) groups is 2. The van der Waals surface area contributed by atoms with E-state index in [2.05, 4.69) is 10.6 Å².